The third-order valence-electron chi connectivity index (χ3n) is 4.56. The van der Waals surface area contributed by atoms with Crippen molar-refractivity contribution in [1.82, 2.24) is 0 Å². The maximum absolute atomic E-state index is 9.45. The summed E-state index contributed by atoms with van der Waals surface area (Å²) in [6, 6.07) is 31.9. The maximum Gasteiger partial charge on any atom is 0.115 e. The molecule has 2 nitrogen and oxygen atoms in total. The minimum absolute atomic E-state index is 0.273. The van der Waals surface area contributed by atoms with Crippen molar-refractivity contribution in [3.63, 3.8) is 0 Å². The van der Waals surface area contributed by atoms with Crippen molar-refractivity contribution in [3.05, 3.63) is 97.1 Å². The van der Waals surface area contributed by atoms with Crippen LogP contribution in [0.15, 0.2) is 97.1 Å². The van der Waals surface area contributed by atoms with E-state index in [4.69, 9.17) is 5.73 Å². The van der Waals surface area contributed by atoms with E-state index in [1.807, 2.05) is 42.5 Å². The number of phenols is 1. The molecule has 0 atom stereocenters. The Labute approximate surface area is 153 Å². The van der Waals surface area contributed by atoms with Crippen LogP contribution in [0.3, 0.4) is 0 Å². The molecular formula is C24H19NO. The van der Waals surface area contributed by atoms with Gasteiger partial charge in [0, 0.05) is 11.3 Å². The van der Waals surface area contributed by atoms with E-state index in [9.17, 15) is 5.11 Å². The van der Waals surface area contributed by atoms with Crippen LogP contribution < -0.4 is 5.73 Å². The van der Waals surface area contributed by atoms with Crippen LogP contribution in [0.1, 0.15) is 0 Å². The second kappa shape index (κ2) is 6.77. The molecule has 0 aliphatic carbocycles. The Balaban J connectivity index is 1.78. The lowest BCUT2D eigenvalue weighted by atomic mass is 9.92. The zero-order valence-corrected chi connectivity index (χ0v) is 14.3. The van der Waals surface area contributed by atoms with Crippen molar-refractivity contribution in [2.24, 2.45) is 0 Å². The summed E-state index contributed by atoms with van der Waals surface area (Å²) in [5.41, 5.74) is 13.7. The minimum atomic E-state index is 0.273. The van der Waals surface area contributed by atoms with Gasteiger partial charge in [0.25, 0.3) is 0 Å². The van der Waals surface area contributed by atoms with Gasteiger partial charge < -0.3 is 10.8 Å². The molecule has 0 aromatic heterocycles. The highest BCUT2D eigenvalue weighted by Crippen LogP contribution is 2.37. The Morgan fingerprint density at radius 1 is 0.500 bits per heavy atom. The molecule has 0 bridgehead atoms. The topological polar surface area (TPSA) is 46.2 Å². The van der Waals surface area contributed by atoms with Crippen molar-refractivity contribution in [1.29, 1.82) is 0 Å². The standard InChI is InChI=1S/C24H19NO/c25-23-8-4-7-22(19-5-2-1-3-6-19)24(23)20-11-9-17(10-12-20)18-13-15-21(26)16-14-18/h1-16,26H,25H2. The molecule has 126 valence electrons. The molecule has 0 heterocycles. The molecule has 0 radical (unpaired) electrons. The maximum atomic E-state index is 9.45. The molecular weight excluding hydrogens is 318 g/mol. The van der Waals surface area contributed by atoms with Gasteiger partial charge >= 0.3 is 0 Å². The Morgan fingerprint density at radius 2 is 1.08 bits per heavy atom. The summed E-state index contributed by atoms with van der Waals surface area (Å²) in [7, 11) is 0. The van der Waals surface area contributed by atoms with Crippen molar-refractivity contribution in [3.8, 4) is 39.1 Å². The number of benzene rings is 4. The van der Waals surface area contributed by atoms with Crippen LogP contribution in [0.2, 0.25) is 0 Å². The molecule has 4 rings (SSSR count). The summed E-state index contributed by atoms with van der Waals surface area (Å²) >= 11 is 0. The SMILES string of the molecule is Nc1cccc(-c2ccccc2)c1-c1ccc(-c2ccc(O)cc2)cc1. The van der Waals surface area contributed by atoms with E-state index in [1.54, 1.807) is 12.1 Å². The molecule has 0 spiro atoms. The number of anilines is 1. The Bertz CT molecular complexity index is 1020. The summed E-state index contributed by atoms with van der Waals surface area (Å²) < 4.78 is 0. The lowest BCUT2D eigenvalue weighted by molar-refractivity contribution is 0.475. The molecule has 0 aliphatic rings. The van der Waals surface area contributed by atoms with E-state index in [-0.39, 0.29) is 5.75 Å². The third-order valence-corrected chi connectivity index (χ3v) is 4.56. The highest BCUT2D eigenvalue weighted by atomic mass is 16.3. The number of hydrogen-bond acceptors (Lipinski definition) is 2. The molecule has 4 aromatic carbocycles. The van der Waals surface area contributed by atoms with Gasteiger partial charge in [0.2, 0.25) is 0 Å². The van der Waals surface area contributed by atoms with Gasteiger partial charge in [-0.25, -0.2) is 0 Å². The van der Waals surface area contributed by atoms with Gasteiger partial charge in [0.05, 0.1) is 0 Å². The first-order valence-corrected chi connectivity index (χ1v) is 8.56. The first-order valence-electron chi connectivity index (χ1n) is 8.56. The number of nitrogen functional groups attached to an aromatic ring is 1. The van der Waals surface area contributed by atoms with E-state index < -0.39 is 0 Å². The first kappa shape index (κ1) is 16.0. The predicted octanol–water partition coefficient (Wildman–Crippen LogP) is 5.98. The van der Waals surface area contributed by atoms with Gasteiger partial charge in [-0.3, -0.25) is 0 Å². The number of rotatable bonds is 3. The molecule has 2 heteroatoms. The Kier molecular flexibility index (Phi) is 4.16. The van der Waals surface area contributed by atoms with Crippen LogP contribution in [-0.2, 0) is 0 Å². The monoisotopic (exact) mass is 337 g/mol. The second-order valence-electron chi connectivity index (χ2n) is 6.26. The first-order chi connectivity index (χ1) is 12.7. The van der Waals surface area contributed by atoms with Crippen molar-refractivity contribution < 1.29 is 5.11 Å². The molecule has 26 heavy (non-hydrogen) atoms. The lowest BCUT2D eigenvalue weighted by Crippen LogP contribution is -1.93. The fourth-order valence-electron chi connectivity index (χ4n) is 3.23. The van der Waals surface area contributed by atoms with Gasteiger partial charge in [-0.1, -0.05) is 78.9 Å². The number of aromatic hydroxyl groups is 1. The van der Waals surface area contributed by atoms with Crippen LogP contribution in [0.4, 0.5) is 5.69 Å². The molecule has 0 saturated carbocycles. The van der Waals surface area contributed by atoms with E-state index in [1.165, 1.54) is 0 Å². The van der Waals surface area contributed by atoms with E-state index in [2.05, 4.69) is 42.5 Å². The van der Waals surface area contributed by atoms with Crippen LogP contribution in [0.5, 0.6) is 5.75 Å². The molecule has 3 N–H and O–H groups in total. The van der Waals surface area contributed by atoms with Crippen LogP contribution in [0.25, 0.3) is 33.4 Å². The third kappa shape index (κ3) is 3.05. The van der Waals surface area contributed by atoms with Gasteiger partial charge in [0.15, 0.2) is 0 Å². The molecule has 0 amide bonds. The van der Waals surface area contributed by atoms with E-state index in [0.29, 0.717) is 0 Å². The molecule has 0 unspecified atom stereocenters. The average Bonchev–Trinajstić information content (AvgIpc) is 2.69. The van der Waals surface area contributed by atoms with Gasteiger partial charge in [-0.15, -0.1) is 0 Å². The predicted molar refractivity (Wildman–Crippen MR) is 109 cm³/mol. The lowest BCUT2D eigenvalue weighted by Gasteiger charge is -2.14. The van der Waals surface area contributed by atoms with Crippen molar-refractivity contribution >= 4 is 5.69 Å². The number of nitrogens with two attached hydrogens (primary N) is 1. The Hall–Kier alpha value is -3.52. The van der Waals surface area contributed by atoms with E-state index >= 15 is 0 Å². The molecule has 0 saturated heterocycles. The molecule has 0 fully saturated rings. The zero-order chi connectivity index (χ0) is 17.9. The quantitative estimate of drug-likeness (QED) is 0.452. The second-order valence-corrected chi connectivity index (χ2v) is 6.26. The van der Waals surface area contributed by atoms with Crippen LogP contribution >= 0.6 is 0 Å². The largest absolute Gasteiger partial charge is 0.508 e. The Morgan fingerprint density at radius 3 is 1.73 bits per heavy atom. The van der Waals surface area contributed by atoms with Gasteiger partial charge in [-0.2, -0.15) is 0 Å². The highest BCUT2D eigenvalue weighted by Gasteiger charge is 2.11. The summed E-state index contributed by atoms with van der Waals surface area (Å²) in [4.78, 5) is 0. The van der Waals surface area contributed by atoms with E-state index in [0.717, 1.165) is 39.1 Å². The van der Waals surface area contributed by atoms with Crippen LogP contribution in [-0.4, -0.2) is 5.11 Å². The highest BCUT2D eigenvalue weighted by molar-refractivity contribution is 5.91. The minimum Gasteiger partial charge on any atom is -0.508 e. The molecule has 0 aliphatic heterocycles. The van der Waals surface area contributed by atoms with Gasteiger partial charge in [0.1, 0.15) is 5.75 Å². The number of phenolic OH excluding ortho intramolecular Hbond substituents is 1. The van der Waals surface area contributed by atoms with Gasteiger partial charge in [-0.05, 0) is 46.0 Å². The number of hydrogen-bond donors (Lipinski definition) is 2. The normalized spacial score (nSPS) is 10.6. The van der Waals surface area contributed by atoms with Crippen LogP contribution in [0, 0.1) is 0 Å². The fraction of sp³-hybridized carbons (Fsp3) is 0. The van der Waals surface area contributed by atoms with Crippen molar-refractivity contribution in [2.45, 2.75) is 0 Å². The summed E-state index contributed by atoms with van der Waals surface area (Å²) in [6.07, 6.45) is 0. The fourth-order valence-corrected chi connectivity index (χ4v) is 3.23. The zero-order valence-electron chi connectivity index (χ0n) is 14.3. The average molecular weight is 337 g/mol. The molecule has 4 aromatic rings. The summed E-state index contributed by atoms with van der Waals surface area (Å²) in [5, 5.41) is 9.45. The summed E-state index contributed by atoms with van der Waals surface area (Å²) in [6.45, 7) is 0. The summed E-state index contributed by atoms with van der Waals surface area (Å²) in [5.74, 6) is 0.273. The smallest absolute Gasteiger partial charge is 0.115 e. The van der Waals surface area contributed by atoms with Crippen molar-refractivity contribution in [2.75, 3.05) is 5.73 Å².